The lowest BCUT2D eigenvalue weighted by atomic mass is 10.0. The number of carboxylic acid groups (broad SMARTS) is 1. The molecule has 1 atom stereocenters. The summed E-state index contributed by atoms with van der Waals surface area (Å²) in [6, 6.07) is 7.82. The van der Waals surface area contributed by atoms with Crippen LogP contribution in [0.3, 0.4) is 0 Å². The van der Waals surface area contributed by atoms with Crippen molar-refractivity contribution in [1.29, 1.82) is 5.26 Å². The Bertz CT molecular complexity index is 569. The smallest absolute Gasteiger partial charge is 0.326 e. The number of rotatable bonds is 6. The van der Waals surface area contributed by atoms with Crippen LogP contribution in [0.2, 0.25) is 0 Å². The molecule has 0 saturated heterocycles. The van der Waals surface area contributed by atoms with Crippen molar-refractivity contribution in [3.05, 3.63) is 35.4 Å². The Hall–Kier alpha value is -2.35. The molecule has 5 nitrogen and oxygen atoms in total. The molecule has 1 saturated carbocycles. The Morgan fingerprint density at radius 2 is 1.91 bits per heavy atom. The number of hydrogen-bond donors (Lipinski definition) is 2. The Kier molecular flexibility index (Phi) is 5.54. The number of aliphatic carboxylic acids is 1. The number of amides is 1. The lowest BCUT2D eigenvalue weighted by molar-refractivity contribution is -0.141. The van der Waals surface area contributed by atoms with Crippen LogP contribution in [0.25, 0.3) is 0 Å². The molecule has 1 aliphatic carbocycles. The standard InChI is InChI=1S/C17H20N2O3/c18-11-14-7-5-13(6-8-14)9-15(17(21)22)19-16(20)10-12-3-1-2-4-12/h5-8,12,15H,1-4,9-10H2,(H,19,20)(H,21,22)/t15-/m1/s1. The van der Waals surface area contributed by atoms with Crippen molar-refractivity contribution in [2.24, 2.45) is 5.92 Å². The number of benzene rings is 1. The van der Waals surface area contributed by atoms with E-state index in [2.05, 4.69) is 5.32 Å². The van der Waals surface area contributed by atoms with Gasteiger partial charge in [0.15, 0.2) is 0 Å². The normalized spacial score (nSPS) is 16.0. The summed E-state index contributed by atoms with van der Waals surface area (Å²) < 4.78 is 0. The highest BCUT2D eigenvalue weighted by molar-refractivity contribution is 5.83. The molecule has 0 spiro atoms. The van der Waals surface area contributed by atoms with E-state index in [0.717, 1.165) is 31.2 Å². The van der Waals surface area contributed by atoms with Crippen molar-refractivity contribution in [1.82, 2.24) is 5.32 Å². The zero-order valence-electron chi connectivity index (χ0n) is 12.4. The van der Waals surface area contributed by atoms with Crippen LogP contribution in [0.5, 0.6) is 0 Å². The van der Waals surface area contributed by atoms with Gasteiger partial charge >= 0.3 is 5.97 Å². The largest absolute Gasteiger partial charge is 0.480 e. The predicted molar refractivity (Wildman–Crippen MR) is 81.0 cm³/mol. The molecule has 0 aliphatic heterocycles. The number of nitriles is 1. The molecule has 1 amide bonds. The molecule has 0 aromatic heterocycles. The van der Waals surface area contributed by atoms with Crippen LogP contribution in [0, 0.1) is 17.2 Å². The zero-order valence-corrected chi connectivity index (χ0v) is 12.4. The number of carbonyl (C=O) groups excluding carboxylic acids is 1. The van der Waals surface area contributed by atoms with E-state index in [1.807, 2.05) is 6.07 Å². The van der Waals surface area contributed by atoms with Gasteiger partial charge in [-0.15, -0.1) is 0 Å². The van der Waals surface area contributed by atoms with Crippen molar-refractivity contribution in [3.8, 4) is 6.07 Å². The summed E-state index contributed by atoms with van der Waals surface area (Å²) in [4.78, 5) is 23.3. The highest BCUT2D eigenvalue weighted by atomic mass is 16.4. The van der Waals surface area contributed by atoms with E-state index in [0.29, 0.717) is 17.9 Å². The predicted octanol–water partition coefficient (Wildman–Crippen LogP) is 2.25. The van der Waals surface area contributed by atoms with Gasteiger partial charge in [-0.2, -0.15) is 5.26 Å². The second-order valence-corrected chi connectivity index (χ2v) is 5.83. The molecule has 5 heteroatoms. The molecule has 0 radical (unpaired) electrons. The molecule has 1 aromatic carbocycles. The SMILES string of the molecule is N#Cc1ccc(C[C@@H](NC(=O)CC2CCCC2)C(=O)O)cc1. The quantitative estimate of drug-likeness (QED) is 0.843. The van der Waals surface area contributed by atoms with Gasteiger partial charge < -0.3 is 10.4 Å². The van der Waals surface area contributed by atoms with Gasteiger partial charge in [-0.3, -0.25) is 4.79 Å². The van der Waals surface area contributed by atoms with Gasteiger partial charge in [0, 0.05) is 12.8 Å². The minimum absolute atomic E-state index is 0.187. The first-order valence-corrected chi connectivity index (χ1v) is 7.59. The van der Waals surface area contributed by atoms with E-state index in [1.165, 1.54) is 0 Å². The maximum atomic E-state index is 12.0. The van der Waals surface area contributed by atoms with Gasteiger partial charge in [0.25, 0.3) is 0 Å². The van der Waals surface area contributed by atoms with E-state index in [1.54, 1.807) is 24.3 Å². The molecular weight excluding hydrogens is 280 g/mol. The molecule has 1 fully saturated rings. The molecule has 2 rings (SSSR count). The molecule has 1 aromatic rings. The van der Waals surface area contributed by atoms with Crippen LogP contribution in [0.1, 0.15) is 43.2 Å². The summed E-state index contributed by atoms with van der Waals surface area (Å²) in [5.41, 5.74) is 1.31. The minimum Gasteiger partial charge on any atom is -0.480 e. The summed E-state index contributed by atoms with van der Waals surface area (Å²) >= 11 is 0. The van der Waals surface area contributed by atoms with Crippen LogP contribution in [0.4, 0.5) is 0 Å². The van der Waals surface area contributed by atoms with E-state index in [9.17, 15) is 14.7 Å². The molecule has 0 bridgehead atoms. The van der Waals surface area contributed by atoms with E-state index >= 15 is 0 Å². The molecule has 0 heterocycles. The summed E-state index contributed by atoms with van der Waals surface area (Å²) in [7, 11) is 0. The lowest BCUT2D eigenvalue weighted by Gasteiger charge is -2.16. The monoisotopic (exact) mass is 300 g/mol. The Morgan fingerprint density at radius 1 is 1.27 bits per heavy atom. The number of carbonyl (C=O) groups is 2. The van der Waals surface area contributed by atoms with Gasteiger partial charge in [0.1, 0.15) is 6.04 Å². The summed E-state index contributed by atoms with van der Waals surface area (Å²) in [6.07, 6.45) is 5.06. The molecule has 0 unspecified atom stereocenters. The van der Waals surface area contributed by atoms with Gasteiger partial charge in [0.05, 0.1) is 11.6 Å². The van der Waals surface area contributed by atoms with Gasteiger partial charge in [-0.25, -0.2) is 4.79 Å². The molecule has 22 heavy (non-hydrogen) atoms. The number of carboxylic acids is 1. The van der Waals surface area contributed by atoms with Crippen LogP contribution in [-0.2, 0) is 16.0 Å². The van der Waals surface area contributed by atoms with E-state index < -0.39 is 12.0 Å². The third-order valence-electron chi connectivity index (χ3n) is 4.10. The third kappa shape index (κ3) is 4.59. The average molecular weight is 300 g/mol. The summed E-state index contributed by atoms with van der Waals surface area (Å²) in [5.74, 6) is -0.832. The second kappa shape index (κ2) is 7.60. The van der Waals surface area contributed by atoms with Crippen molar-refractivity contribution in [3.63, 3.8) is 0 Å². The van der Waals surface area contributed by atoms with E-state index in [-0.39, 0.29) is 12.3 Å². The Labute approximate surface area is 129 Å². The van der Waals surface area contributed by atoms with Crippen LogP contribution in [-0.4, -0.2) is 23.0 Å². The summed E-state index contributed by atoms with van der Waals surface area (Å²) in [6.45, 7) is 0. The maximum Gasteiger partial charge on any atom is 0.326 e. The topological polar surface area (TPSA) is 90.2 Å². The van der Waals surface area contributed by atoms with Crippen LogP contribution < -0.4 is 5.32 Å². The Morgan fingerprint density at radius 3 is 2.45 bits per heavy atom. The fraction of sp³-hybridized carbons (Fsp3) is 0.471. The van der Waals surface area contributed by atoms with Crippen molar-refractivity contribution in [2.75, 3.05) is 0 Å². The summed E-state index contributed by atoms with van der Waals surface area (Å²) in [5, 5.41) is 20.6. The van der Waals surface area contributed by atoms with Crippen molar-refractivity contribution >= 4 is 11.9 Å². The fourth-order valence-corrected chi connectivity index (χ4v) is 2.88. The molecule has 2 N–H and O–H groups in total. The highest BCUT2D eigenvalue weighted by Gasteiger charge is 2.23. The van der Waals surface area contributed by atoms with Crippen molar-refractivity contribution in [2.45, 2.75) is 44.6 Å². The minimum atomic E-state index is -1.04. The fourth-order valence-electron chi connectivity index (χ4n) is 2.88. The zero-order chi connectivity index (χ0) is 15.9. The second-order valence-electron chi connectivity index (χ2n) is 5.83. The number of nitrogens with zero attached hydrogens (tertiary/aromatic N) is 1. The van der Waals surface area contributed by atoms with Gasteiger partial charge in [-0.1, -0.05) is 25.0 Å². The van der Waals surface area contributed by atoms with E-state index in [4.69, 9.17) is 5.26 Å². The average Bonchev–Trinajstić information content (AvgIpc) is 3.00. The van der Waals surface area contributed by atoms with Crippen LogP contribution in [0.15, 0.2) is 24.3 Å². The first kappa shape index (κ1) is 16.0. The first-order chi connectivity index (χ1) is 10.6. The highest BCUT2D eigenvalue weighted by Crippen LogP contribution is 2.27. The first-order valence-electron chi connectivity index (χ1n) is 7.59. The van der Waals surface area contributed by atoms with Gasteiger partial charge in [0.2, 0.25) is 5.91 Å². The Balaban J connectivity index is 1.92. The van der Waals surface area contributed by atoms with Crippen LogP contribution >= 0.6 is 0 Å². The maximum absolute atomic E-state index is 12.0. The molecule has 116 valence electrons. The molecular formula is C17H20N2O3. The van der Waals surface area contributed by atoms with Gasteiger partial charge in [-0.05, 0) is 36.5 Å². The number of nitrogens with one attached hydrogen (secondary N) is 1. The van der Waals surface area contributed by atoms with Crippen molar-refractivity contribution < 1.29 is 14.7 Å². The number of hydrogen-bond acceptors (Lipinski definition) is 3. The third-order valence-corrected chi connectivity index (χ3v) is 4.10. The lowest BCUT2D eigenvalue weighted by Crippen LogP contribution is -2.42. The molecule has 1 aliphatic rings.